The predicted octanol–water partition coefficient (Wildman–Crippen LogP) is 3.01. The monoisotopic (exact) mass is 322 g/mol. The van der Waals surface area contributed by atoms with Crippen molar-refractivity contribution in [3.8, 4) is 5.75 Å². The summed E-state index contributed by atoms with van der Waals surface area (Å²) in [5.41, 5.74) is 1.66. The van der Waals surface area contributed by atoms with Crippen LogP contribution in [0.2, 0.25) is 0 Å². The van der Waals surface area contributed by atoms with Gasteiger partial charge in [0.25, 0.3) is 0 Å². The Morgan fingerprint density at radius 3 is 2.84 bits per heavy atom. The van der Waals surface area contributed by atoms with Crippen LogP contribution in [0.15, 0.2) is 34.9 Å². The minimum Gasteiger partial charge on any atom is -0.496 e. The van der Waals surface area contributed by atoms with E-state index in [-0.39, 0.29) is 5.78 Å². The van der Waals surface area contributed by atoms with Crippen LogP contribution in [0.4, 0.5) is 0 Å². The van der Waals surface area contributed by atoms with Crippen molar-refractivity contribution in [3.05, 3.63) is 46.2 Å². The molecule has 0 unspecified atom stereocenters. The Bertz CT molecular complexity index is 593. The molecule has 0 atom stereocenters. The molecule has 2 aromatic rings. The Morgan fingerprint density at radius 1 is 1.42 bits per heavy atom. The quantitative estimate of drug-likeness (QED) is 0.795. The van der Waals surface area contributed by atoms with Crippen molar-refractivity contribution in [1.82, 2.24) is 9.78 Å². The van der Waals surface area contributed by atoms with Gasteiger partial charge in [-0.15, -0.1) is 0 Å². The van der Waals surface area contributed by atoms with E-state index < -0.39 is 0 Å². The summed E-state index contributed by atoms with van der Waals surface area (Å²) in [7, 11) is 3.44. The smallest absolute Gasteiger partial charge is 0.166 e. The van der Waals surface area contributed by atoms with E-state index in [1.165, 1.54) is 0 Å². The number of hydrogen-bond acceptors (Lipinski definition) is 3. The number of halogens is 1. The van der Waals surface area contributed by atoms with Crippen molar-refractivity contribution >= 4 is 21.7 Å². The minimum atomic E-state index is 0.0746. The fourth-order valence-electron chi connectivity index (χ4n) is 1.92. The number of carbonyl (C=O) groups is 1. The number of aryl methyl sites for hydroxylation is 2. The maximum atomic E-state index is 12.2. The molecule has 0 aliphatic heterocycles. The third-order valence-electron chi connectivity index (χ3n) is 2.99. The molecule has 19 heavy (non-hydrogen) atoms. The highest BCUT2D eigenvalue weighted by molar-refractivity contribution is 9.10. The standard InChI is InChI=1S/C14H15BrN2O2/c1-17-11(7-8-16-17)4-6-13(18)12-5-3-10(15)9-14(12)19-2/h3,5,7-9H,4,6H2,1-2H3. The topological polar surface area (TPSA) is 44.1 Å². The highest BCUT2D eigenvalue weighted by atomic mass is 79.9. The van der Waals surface area contributed by atoms with Gasteiger partial charge in [0.2, 0.25) is 0 Å². The molecular formula is C14H15BrN2O2. The second-order valence-electron chi connectivity index (χ2n) is 4.21. The van der Waals surface area contributed by atoms with E-state index >= 15 is 0 Å². The molecule has 0 spiro atoms. The lowest BCUT2D eigenvalue weighted by atomic mass is 10.0. The number of benzene rings is 1. The zero-order valence-electron chi connectivity index (χ0n) is 10.9. The molecule has 100 valence electrons. The second kappa shape index (κ2) is 6.02. The van der Waals surface area contributed by atoms with E-state index in [2.05, 4.69) is 21.0 Å². The van der Waals surface area contributed by atoms with Gasteiger partial charge < -0.3 is 4.74 Å². The predicted molar refractivity (Wildman–Crippen MR) is 76.6 cm³/mol. The molecule has 5 heteroatoms. The van der Waals surface area contributed by atoms with E-state index in [0.717, 1.165) is 10.2 Å². The molecule has 0 amide bonds. The van der Waals surface area contributed by atoms with Gasteiger partial charge in [0.1, 0.15) is 5.75 Å². The van der Waals surface area contributed by atoms with Crippen LogP contribution in [-0.2, 0) is 13.5 Å². The van der Waals surface area contributed by atoms with Gasteiger partial charge in [-0.05, 0) is 30.7 Å². The molecule has 0 saturated carbocycles. The first-order valence-electron chi connectivity index (χ1n) is 5.95. The van der Waals surface area contributed by atoms with Crippen molar-refractivity contribution in [1.29, 1.82) is 0 Å². The summed E-state index contributed by atoms with van der Waals surface area (Å²) in [6.07, 6.45) is 2.85. The Kier molecular flexibility index (Phi) is 4.37. The SMILES string of the molecule is COc1cc(Br)ccc1C(=O)CCc1ccnn1C. The molecule has 1 aromatic carbocycles. The van der Waals surface area contributed by atoms with Gasteiger partial charge in [-0.2, -0.15) is 5.10 Å². The molecule has 1 aromatic heterocycles. The van der Waals surface area contributed by atoms with Crippen molar-refractivity contribution in [3.63, 3.8) is 0 Å². The van der Waals surface area contributed by atoms with Crippen LogP contribution in [0.3, 0.4) is 0 Å². The number of aromatic nitrogens is 2. The lowest BCUT2D eigenvalue weighted by Crippen LogP contribution is -2.06. The zero-order valence-corrected chi connectivity index (χ0v) is 12.5. The third kappa shape index (κ3) is 3.23. The van der Waals surface area contributed by atoms with Gasteiger partial charge in [0, 0.05) is 29.8 Å². The number of methoxy groups -OCH3 is 1. The van der Waals surface area contributed by atoms with Crippen molar-refractivity contribution in [2.75, 3.05) is 7.11 Å². The van der Waals surface area contributed by atoms with Gasteiger partial charge in [-0.25, -0.2) is 0 Å². The largest absolute Gasteiger partial charge is 0.496 e. The first-order valence-corrected chi connectivity index (χ1v) is 6.74. The van der Waals surface area contributed by atoms with Gasteiger partial charge in [0.05, 0.1) is 12.7 Å². The average molecular weight is 323 g/mol. The molecule has 0 radical (unpaired) electrons. The molecule has 0 fully saturated rings. The summed E-state index contributed by atoms with van der Waals surface area (Å²) < 4.78 is 7.92. The lowest BCUT2D eigenvalue weighted by molar-refractivity contribution is 0.0979. The molecule has 0 bridgehead atoms. The molecule has 0 N–H and O–H groups in total. The Hall–Kier alpha value is -1.62. The van der Waals surface area contributed by atoms with Crippen molar-refractivity contribution < 1.29 is 9.53 Å². The first kappa shape index (κ1) is 13.8. The molecule has 0 aliphatic carbocycles. The van der Waals surface area contributed by atoms with Crippen LogP contribution in [0.5, 0.6) is 5.75 Å². The summed E-state index contributed by atoms with van der Waals surface area (Å²) in [4.78, 5) is 12.2. The van der Waals surface area contributed by atoms with Crippen LogP contribution >= 0.6 is 15.9 Å². The number of hydrogen-bond donors (Lipinski definition) is 0. The maximum absolute atomic E-state index is 12.2. The van der Waals surface area contributed by atoms with Crippen LogP contribution in [0.25, 0.3) is 0 Å². The van der Waals surface area contributed by atoms with Gasteiger partial charge in [-0.3, -0.25) is 9.48 Å². The molecular weight excluding hydrogens is 308 g/mol. The summed E-state index contributed by atoms with van der Waals surface area (Å²) in [5.74, 6) is 0.676. The van der Waals surface area contributed by atoms with Crippen molar-refractivity contribution in [2.24, 2.45) is 7.05 Å². The number of ketones is 1. The van der Waals surface area contributed by atoms with E-state index in [4.69, 9.17) is 4.74 Å². The van der Waals surface area contributed by atoms with Crippen molar-refractivity contribution in [2.45, 2.75) is 12.8 Å². The van der Waals surface area contributed by atoms with Crippen LogP contribution < -0.4 is 4.74 Å². The van der Waals surface area contributed by atoms with E-state index in [1.54, 1.807) is 30.1 Å². The van der Waals surface area contributed by atoms with Gasteiger partial charge in [-0.1, -0.05) is 15.9 Å². The molecule has 4 nitrogen and oxygen atoms in total. The Balaban J connectivity index is 2.10. The zero-order chi connectivity index (χ0) is 13.8. The molecule has 2 rings (SSSR count). The molecule has 1 heterocycles. The number of nitrogens with zero attached hydrogens (tertiary/aromatic N) is 2. The number of rotatable bonds is 5. The average Bonchev–Trinajstić information content (AvgIpc) is 2.81. The van der Waals surface area contributed by atoms with E-state index in [1.807, 2.05) is 19.2 Å². The minimum absolute atomic E-state index is 0.0746. The molecule has 0 saturated heterocycles. The number of carbonyl (C=O) groups excluding carboxylic acids is 1. The fraction of sp³-hybridized carbons (Fsp3) is 0.286. The van der Waals surface area contributed by atoms with Crippen LogP contribution in [0, 0.1) is 0 Å². The fourth-order valence-corrected chi connectivity index (χ4v) is 2.26. The third-order valence-corrected chi connectivity index (χ3v) is 3.49. The number of ether oxygens (including phenoxy) is 1. The number of Topliss-reactive ketones (excluding diaryl/α,β-unsaturated/α-hetero) is 1. The highest BCUT2D eigenvalue weighted by Crippen LogP contribution is 2.25. The Labute approximate surface area is 120 Å². The Morgan fingerprint density at radius 2 is 2.21 bits per heavy atom. The van der Waals surface area contributed by atoms with Gasteiger partial charge >= 0.3 is 0 Å². The highest BCUT2D eigenvalue weighted by Gasteiger charge is 2.13. The summed E-state index contributed by atoms with van der Waals surface area (Å²) in [5, 5.41) is 4.09. The summed E-state index contributed by atoms with van der Waals surface area (Å²) in [6, 6.07) is 7.36. The van der Waals surface area contributed by atoms with E-state index in [0.29, 0.717) is 24.2 Å². The normalized spacial score (nSPS) is 10.5. The van der Waals surface area contributed by atoms with Gasteiger partial charge in [0.15, 0.2) is 5.78 Å². The summed E-state index contributed by atoms with van der Waals surface area (Å²) >= 11 is 3.36. The van der Waals surface area contributed by atoms with Crippen LogP contribution in [0.1, 0.15) is 22.5 Å². The van der Waals surface area contributed by atoms with Crippen LogP contribution in [-0.4, -0.2) is 22.7 Å². The second-order valence-corrected chi connectivity index (χ2v) is 5.13. The first-order chi connectivity index (χ1) is 9.11. The maximum Gasteiger partial charge on any atom is 0.166 e. The lowest BCUT2D eigenvalue weighted by Gasteiger charge is -2.08. The summed E-state index contributed by atoms with van der Waals surface area (Å²) in [6.45, 7) is 0. The molecule has 0 aliphatic rings. The van der Waals surface area contributed by atoms with E-state index in [9.17, 15) is 4.79 Å².